The zero-order valence-corrected chi connectivity index (χ0v) is 36.8. The SMILES string of the molecule is CCCCCCCCCCCCCC(=O)NC(CO)C(=O)NC(C)C(=O)NCCN(C)C(C(=O)NC(C)CNC(CC(C)C)C(=O)NC(C)C(=O)C(=O)NC)C(C)O. The Bertz CT molecular complexity index is 1250. The molecule has 9 N–H and O–H groups in total. The highest BCUT2D eigenvalue weighted by molar-refractivity contribution is 6.38. The fourth-order valence-electron chi connectivity index (χ4n) is 6.38. The van der Waals surface area contributed by atoms with Crippen LogP contribution in [0.2, 0.25) is 0 Å². The van der Waals surface area contributed by atoms with Crippen molar-refractivity contribution in [3.63, 3.8) is 0 Å². The normalized spacial score (nSPS) is 15.0. The molecule has 0 spiro atoms. The van der Waals surface area contributed by atoms with Crippen LogP contribution in [0.15, 0.2) is 0 Å². The predicted octanol–water partition coefficient (Wildman–Crippen LogP) is 0.796. The summed E-state index contributed by atoms with van der Waals surface area (Å²) in [6.07, 6.45) is 12.3. The maximum Gasteiger partial charge on any atom is 0.289 e. The fourth-order valence-corrected chi connectivity index (χ4v) is 6.38. The summed E-state index contributed by atoms with van der Waals surface area (Å²) in [7, 11) is 2.95. The number of rotatable bonds is 33. The number of hydrogen-bond acceptors (Lipinski definition) is 11. The van der Waals surface area contributed by atoms with E-state index >= 15 is 0 Å². The number of carbonyl (C=O) groups excluding carboxylic acids is 7. The second-order valence-electron chi connectivity index (χ2n) is 15.9. The Morgan fingerprint density at radius 3 is 1.71 bits per heavy atom. The molecular weight excluding hydrogens is 748 g/mol. The standard InChI is InChI=1S/C41H78N8O9/c1-10-11-12-13-14-15-16-17-18-19-20-21-34(52)48-33(26-50)39(56)47-30(6)37(54)43-22-23-49(9)35(31(7)51)40(57)45-28(4)25-44-32(24-27(2)3)38(55)46-29(5)36(53)41(58)42-8/h27-33,35,44,50-51H,10-26H2,1-9H3,(H,42,58)(H,43,54)(H,45,57)(H,46,55)(H,47,56)(H,48,52). The van der Waals surface area contributed by atoms with Crippen LogP contribution in [0.3, 0.4) is 0 Å². The molecule has 0 aromatic heterocycles. The van der Waals surface area contributed by atoms with Gasteiger partial charge in [0.15, 0.2) is 0 Å². The van der Waals surface area contributed by atoms with E-state index in [-0.39, 0.29) is 37.9 Å². The van der Waals surface area contributed by atoms with Crippen LogP contribution in [0.5, 0.6) is 0 Å². The van der Waals surface area contributed by atoms with Crippen LogP contribution in [0.1, 0.15) is 132 Å². The van der Waals surface area contributed by atoms with Crippen molar-refractivity contribution in [2.45, 2.75) is 174 Å². The number of carbonyl (C=O) groups is 7. The van der Waals surface area contributed by atoms with Gasteiger partial charge in [0, 0.05) is 39.1 Å². The van der Waals surface area contributed by atoms with Crippen molar-refractivity contribution in [1.29, 1.82) is 0 Å². The maximum absolute atomic E-state index is 13.3. The summed E-state index contributed by atoms with van der Waals surface area (Å²) in [5.41, 5.74) is 0. The Balaban J connectivity index is 4.82. The number of Topliss-reactive ketones (excluding diaryl/α,β-unsaturated/α-hetero) is 1. The second-order valence-corrected chi connectivity index (χ2v) is 15.9. The maximum atomic E-state index is 13.3. The lowest BCUT2D eigenvalue weighted by Gasteiger charge is -2.31. The van der Waals surface area contributed by atoms with Gasteiger partial charge in [0.25, 0.3) is 5.91 Å². The van der Waals surface area contributed by atoms with Crippen molar-refractivity contribution in [2.24, 2.45) is 5.92 Å². The molecule has 0 aliphatic carbocycles. The molecule has 0 rings (SSSR count). The van der Waals surface area contributed by atoms with Crippen LogP contribution in [0.4, 0.5) is 0 Å². The topological polar surface area (TPSA) is 247 Å². The molecule has 0 saturated carbocycles. The molecule has 17 nitrogen and oxygen atoms in total. The van der Waals surface area contributed by atoms with Crippen molar-refractivity contribution in [1.82, 2.24) is 42.1 Å². The van der Waals surface area contributed by atoms with Gasteiger partial charge in [-0.2, -0.15) is 0 Å². The van der Waals surface area contributed by atoms with Gasteiger partial charge in [-0.1, -0.05) is 85.0 Å². The third-order valence-corrected chi connectivity index (χ3v) is 9.84. The molecule has 17 heteroatoms. The summed E-state index contributed by atoms with van der Waals surface area (Å²) in [4.78, 5) is 89.7. The highest BCUT2D eigenvalue weighted by Gasteiger charge is 2.31. The summed E-state index contributed by atoms with van der Waals surface area (Å²) in [6.45, 7) is 12.0. The number of unbranched alkanes of at least 4 members (excludes halogenated alkanes) is 10. The molecule has 0 saturated heterocycles. The summed E-state index contributed by atoms with van der Waals surface area (Å²) < 4.78 is 0. The minimum Gasteiger partial charge on any atom is -0.394 e. The number of aliphatic hydroxyl groups is 2. The Hall–Kier alpha value is -3.67. The van der Waals surface area contributed by atoms with E-state index in [1.54, 1.807) is 18.9 Å². The van der Waals surface area contributed by atoms with Crippen molar-refractivity contribution in [3.05, 3.63) is 0 Å². The highest BCUT2D eigenvalue weighted by Crippen LogP contribution is 2.12. The van der Waals surface area contributed by atoms with Gasteiger partial charge in [0.1, 0.15) is 18.1 Å². The number of amides is 6. The average Bonchev–Trinajstić information content (AvgIpc) is 3.16. The van der Waals surface area contributed by atoms with Crippen LogP contribution in [-0.4, -0.2) is 139 Å². The van der Waals surface area contributed by atoms with Gasteiger partial charge in [0.2, 0.25) is 35.3 Å². The number of nitrogens with one attached hydrogen (secondary N) is 7. The molecule has 0 bridgehead atoms. The van der Waals surface area contributed by atoms with Crippen molar-refractivity contribution < 1.29 is 43.8 Å². The fraction of sp³-hybridized carbons (Fsp3) is 0.829. The van der Waals surface area contributed by atoms with E-state index < -0.39 is 84.3 Å². The summed E-state index contributed by atoms with van der Waals surface area (Å²) in [5, 5.41) is 38.8. The Morgan fingerprint density at radius 1 is 0.655 bits per heavy atom. The minimum absolute atomic E-state index is 0.0785. The van der Waals surface area contributed by atoms with E-state index in [2.05, 4.69) is 44.1 Å². The van der Waals surface area contributed by atoms with E-state index in [0.29, 0.717) is 12.8 Å². The first-order valence-corrected chi connectivity index (χ1v) is 21.4. The lowest BCUT2D eigenvalue weighted by Crippen LogP contribution is -2.57. The average molecular weight is 827 g/mol. The number of hydrogen-bond donors (Lipinski definition) is 9. The van der Waals surface area contributed by atoms with E-state index in [9.17, 15) is 43.8 Å². The molecule has 0 fully saturated rings. The largest absolute Gasteiger partial charge is 0.394 e. The highest BCUT2D eigenvalue weighted by atomic mass is 16.3. The van der Waals surface area contributed by atoms with Gasteiger partial charge >= 0.3 is 0 Å². The van der Waals surface area contributed by atoms with Gasteiger partial charge in [-0.3, -0.25) is 38.5 Å². The number of likely N-dealkylation sites (N-methyl/N-ethyl adjacent to an activating group) is 2. The summed E-state index contributed by atoms with van der Waals surface area (Å²) in [5.74, 6) is -3.95. The zero-order chi connectivity index (χ0) is 44.2. The van der Waals surface area contributed by atoms with Gasteiger partial charge in [-0.25, -0.2) is 0 Å². The van der Waals surface area contributed by atoms with E-state index in [1.165, 1.54) is 72.8 Å². The molecule has 7 atom stereocenters. The Morgan fingerprint density at radius 2 is 1.19 bits per heavy atom. The quantitative estimate of drug-likeness (QED) is 0.0331. The van der Waals surface area contributed by atoms with Gasteiger partial charge < -0.3 is 47.4 Å². The van der Waals surface area contributed by atoms with Crippen LogP contribution in [0, 0.1) is 5.92 Å². The van der Waals surface area contributed by atoms with E-state index in [0.717, 1.165) is 19.3 Å². The lowest BCUT2D eigenvalue weighted by molar-refractivity contribution is -0.139. The second kappa shape index (κ2) is 31.3. The Kier molecular flexibility index (Phi) is 29.3. The number of aliphatic hydroxyl groups excluding tert-OH is 2. The molecule has 7 unspecified atom stereocenters. The number of ketones is 1. The first-order chi connectivity index (χ1) is 27.4. The first kappa shape index (κ1) is 54.3. The van der Waals surface area contributed by atoms with Gasteiger partial charge in [-0.05, 0) is 53.5 Å². The van der Waals surface area contributed by atoms with Gasteiger partial charge in [-0.15, -0.1) is 0 Å². The molecule has 0 radical (unpaired) electrons. The van der Waals surface area contributed by atoms with E-state index in [4.69, 9.17) is 0 Å². The molecule has 336 valence electrons. The lowest BCUT2D eigenvalue weighted by atomic mass is 10.0. The van der Waals surface area contributed by atoms with Crippen LogP contribution in [-0.2, 0) is 33.6 Å². The molecule has 0 aromatic rings. The summed E-state index contributed by atoms with van der Waals surface area (Å²) >= 11 is 0. The summed E-state index contributed by atoms with van der Waals surface area (Å²) in [6, 6.07) is -5.37. The minimum atomic E-state index is -1.20. The van der Waals surface area contributed by atoms with Crippen LogP contribution < -0.4 is 37.2 Å². The van der Waals surface area contributed by atoms with Crippen molar-refractivity contribution >= 4 is 41.2 Å². The Labute approximate surface area is 347 Å². The van der Waals surface area contributed by atoms with Crippen LogP contribution >= 0.6 is 0 Å². The third-order valence-electron chi connectivity index (χ3n) is 9.84. The van der Waals surface area contributed by atoms with Crippen molar-refractivity contribution in [2.75, 3.05) is 40.3 Å². The third kappa shape index (κ3) is 23.7. The smallest absolute Gasteiger partial charge is 0.289 e. The molecular formula is C41H78N8O9. The van der Waals surface area contributed by atoms with Crippen molar-refractivity contribution in [3.8, 4) is 0 Å². The molecule has 6 amide bonds. The molecule has 58 heavy (non-hydrogen) atoms. The molecule has 0 aromatic carbocycles. The van der Waals surface area contributed by atoms with Crippen LogP contribution in [0.25, 0.3) is 0 Å². The van der Waals surface area contributed by atoms with Gasteiger partial charge in [0.05, 0.1) is 24.8 Å². The first-order valence-electron chi connectivity index (χ1n) is 21.4. The molecule has 0 aliphatic heterocycles. The van der Waals surface area contributed by atoms with E-state index in [1.807, 2.05) is 13.8 Å². The molecule has 0 heterocycles. The zero-order valence-electron chi connectivity index (χ0n) is 36.8. The molecule has 0 aliphatic rings. The monoisotopic (exact) mass is 827 g/mol. The predicted molar refractivity (Wildman–Crippen MR) is 224 cm³/mol. The number of nitrogens with zero attached hydrogens (tertiary/aromatic N) is 1.